The van der Waals surface area contributed by atoms with Crippen molar-refractivity contribution in [3.63, 3.8) is 0 Å². The lowest BCUT2D eigenvalue weighted by atomic mass is 10.0. The number of carbonyl (C=O) groups is 1. The predicted molar refractivity (Wildman–Crippen MR) is 112 cm³/mol. The summed E-state index contributed by atoms with van der Waals surface area (Å²) in [6.07, 6.45) is 3.60. The van der Waals surface area contributed by atoms with E-state index >= 15 is 0 Å². The zero-order chi connectivity index (χ0) is 17.2. The molecule has 2 aromatic heterocycles. The van der Waals surface area contributed by atoms with Gasteiger partial charge in [-0.1, -0.05) is 24.3 Å². The van der Waals surface area contributed by atoms with Crippen molar-refractivity contribution >= 4 is 41.6 Å². The summed E-state index contributed by atoms with van der Waals surface area (Å²) in [6, 6.07) is 13.7. The summed E-state index contributed by atoms with van der Waals surface area (Å²) in [5.41, 5.74) is 3.49. The van der Waals surface area contributed by atoms with E-state index in [1.165, 1.54) is 0 Å². The molecule has 0 bridgehead atoms. The van der Waals surface area contributed by atoms with Crippen LogP contribution in [0.4, 0.5) is 0 Å². The van der Waals surface area contributed by atoms with E-state index in [4.69, 9.17) is 0 Å². The van der Waals surface area contributed by atoms with E-state index in [0.717, 1.165) is 40.8 Å². The Balaban J connectivity index is 0.00000131. The molecule has 0 radical (unpaired) electrons. The Bertz CT molecular complexity index is 920. The number of carbonyl (C=O) groups excluding carboxylic acids is 1. The van der Waals surface area contributed by atoms with Crippen LogP contribution in [-0.2, 0) is 0 Å². The summed E-state index contributed by atoms with van der Waals surface area (Å²) in [4.78, 5) is 24.1. The normalized spacial score (nSPS) is 16.3. The first-order valence-electron chi connectivity index (χ1n) is 8.52. The number of hydrogen-bond donors (Lipinski definition) is 1. The number of nitrogens with one attached hydrogen (secondary N) is 1. The van der Waals surface area contributed by atoms with Gasteiger partial charge in [-0.25, -0.2) is 0 Å². The molecule has 1 N–H and O–H groups in total. The van der Waals surface area contributed by atoms with Gasteiger partial charge in [0, 0.05) is 43.1 Å². The summed E-state index contributed by atoms with van der Waals surface area (Å²) in [5, 5.41) is 4.29. The fourth-order valence-corrected chi connectivity index (χ4v) is 3.46. The number of nitrogens with zero attached hydrogens (tertiary/aromatic N) is 3. The molecule has 142 valence electrons. The molecular formula is C20H22Cl2N4O. The largest absolute Gasteiger partial charge is 0.329 e. The van der Waals surface area contributed by atoms with Gasteiger partial charge in [0.25, 0.3) is 5.91 Å². The maximum absolute atomic E-state index is 13.4. The third-order valence-corrected chi connectivity index (χ3v) is 4.65. The van der Waals surface area contributed by atoms with Crippen LogP contribution >= 0.6 is 24.8 Å². The second kappa shape index (κ2) is 9.13. The van der Waals surface area contributed by atoms with E-state index in [-0.39, 0.29) is 36.8 Å². The Labute approximate surface area is 171 Å². The number of benzene rings is 1. The third-order valence-electron chi connectivity index (χ3n) is 4.65. The number of piperazine rings is 1. The lowest BCUT2D eigenvalue weighted by molar-refractivity contribution is 0.0636. The minimum Gasteiger partial charge on any atom is -0.329 e. The van der Waals surface area contributed by atoms with Crippen molar-refractivity contribution in [1.29, 1.82) is 0 Å². The molecule has 4 rings (SSSR count). The van der Waals surface area contributed by atoms with Crippen LogP contribution in [0.5, 0.6) is 0 Å². The second-order valence-electron chi connectivity index (χ2n) is 6.33. The molecule has 0 saturated carbocycles. The highest BCUT2D eigenvalue weighted by molar-refractivity contribution is 6.06. The Morgan fingerprint density at radius 2 is 2.00 bits per heavy atom. The number of aromatic nitrogens is 2. The van der Waals surface area contributed by atoms with E-state index in [0.29, 0.717) is 6.54 Å². The first kappa shape index (κ1) is 21.1. The number of para-hydroxylation sites is 1. The Morgan fingerprint density at radius 1 is 1.19 bits per heavy atom. The van der Waals surface area contributed by atoms with Crippen LogP contribution in [0.15, 0.2) is 54.9 Å². The molecule has 3 aromatic rings. The highest BCUT2D eigenvalue weighted by atomic mass is 35.5. The van der Waals surface area contributed by atoms with Crippen molar-refractivity contribution in [3.8, 4) is 0 Å². The minimum atomic E-state index is -0.0119. The van der Waals surface area contributed by atoms with Gasteiger partial charge in [0.2, 0.25) is 0 Å². The maximum atomic E-state index is 13.4. The van der Waals surface area contributed by atoms with Gasteiger partial charge in [0.1, 0.15) is 0 Å². The molecule has 1 unspecified atom stereocenters. The van der Waals surface area contributed by atoms with Gasteiger partial charge in [0.05, 0.1) is 17.1 Å². The summed E-state index contributed by atoms with van der Waals surface area (Å²) in [6.45, 7) is 4.14. The van der Waals surface area contributed by atoms with Crippen molar-refractivity contribution in [2.24, 2.45) is 0 Å². The van der Waals surface area contributed by atoms with Gasteiger partial charge in [-0.3, -0.25) is 14.8 Å². The Hall–Kier alpha value is -2.21. The Morgan fingerprint density at radius 3 is 2.78 bits per heavy atom. The van der Waals surface area contributed by atoms with Crippen molar-refractivity contribution in [2.75, 3.05) is 19.6 Å². The van der Waals surface area contributed by atoms with Crippen LogP contribution in [0.25, 0.3) is 10.9 Å². The molecule has 27 heavy (non-hydrogen) atoms. The van der Waals surface area contributed by atoms with Crippen LogP contribution in [-0.4, -0.2) is 40.4 Å². The van der Waals surface area contributed by atoms with Crippen LogP contribution < -0.4 is 5.32 Å². The molecule has 7 heteroatoms. The van der Waals surface area contributed by atoms with Crippen LogP contribution in [0.2, 0.25) is 0 Å². The zero-order valence-electron chi connectivity index (χ0n) is 15.0. The molecule has 0 spiro atoms. The molecule has 1 aromatic carbocycles. The predicted octanol–water partition coefficient (Wildman–Crippen LogP) is 3.57. The molecule has 1 amide bonds. The number of fused-ring (bicyclic) bond motifs is 1. The number of aryl methyl sites for hydroxylation is 1. The standard InChI is InChI=1S/C20H20N4O.2ClH/c1-14-11-17(16-6-2-3-7-18(16)23-14)20(25)24-10-9-22-13-19(24)15-5-4-8-21-12-15;;/h2-8,11-12,19,22H,9-10,13H2,1H3;2*1H. The van der Waals surface area contributed by atoms with Crippen molar-refractivity contribution in [1.82, 2.24) is 20.2 Å². The molecule has 1 fully saturated rings. The van der Waals surface area contributed by atoms with E-state index in [9.17, 15) is 4.79 Å². The van der Waals surface area contributed by atoms with Gasteiger partial charge in [-0.05, 0) is 30.7 Å². The van der Waals surface area contributed by atoms with E-state index in [2.05, 4.69) is 15.3 Å². The van der Waals surface area contributed by atoms with Crippen molar-refractivity contribution in [2.45, 2.75) is 13.0 Å². The Kier molecular flexibility index (Phi) is 7.13. The quantitative estimate of drug-likeness (QED) is 0.708. The molecule has 1 saturated heterocycles. The smallest absolute Gasteiger partial charge is 0.255 e. The molecule has 1 aliphatic rings. The average molecular weight is 405 g/mol. The molecule has 0 aliphatic carbocycles. The zero-order valence-corrected chi connectivity index (χ0v) is 16.6. The number of hydrogen-bond acceptors (Lipinski definition) is 4. The third kappa shape index (κ3) is 4.21. The summed E-state index contributed by atoms with van der Waals surface area (Å²) < 4.78 is 0. The SMILES string of the molecule is Cc1cc(C(=O)N2CCNCC2c2cccnc2)c2ccccc2n1.Cl.Cl. The first-order valence-corrected chi connectivity index (χ1v) is 8.52. The highest BCUT2D eigenvalue weighted by Crippen LogP contribution is 2.26. The molecule has 3 heterocycles. The van der Waals surface area contributed by atoms with Gasteiger partial charge in [0.15, 0.2) is 0 Å². The van der Waals surface area contributed by atoms with E-state index < -0.39 is 0 Å². The van der Waals surface area contributed by atoms with Gasteiger partial charge in [-0.15, -0.1) is 24.8 Å². The highest BCUT2D eigenvalue weighted by Gasteiger charge is 2.29. The molecule has 1 atom stereocenters. The lowest BCUT2D eigenvalue weighted by Crippen LogP contribution is -2.48. The van der Waals surface area contributed by atoms with Crippen LogP contribution in [0, 0.1) is 6.92 Å². The van der Waals surface area contributed by atoms with Gasteiger partial charge < -0.3 is 10.2 Å². The monoisotopic (exact) mass is 404 g/mol. The lowest BCUT2D eigenvalue weighted by Gasteiger charge is -2.36. The maximum Gasteiger partial charge on any atom is 0.255 e. The average Bonchev–Trinajstić information content (AvgIpc) is 2.67. The minimum absolute atomic E-state index is 0. The number of amides is 1. The fraction of sp³-hybridized carbons (Fsp3) is 0.250. The second-order valence-corrected chi connectivity index (χ2v) is 6.33. The van der Waals surface area contributed by atoms with Gasteiger partial charge in [-0.2, -0.15) is 0 Å². The molecular weight excluding hydrogens is 383 g/mol. The van der Waals surface area contributed by atoms with Crippen LogP contribution in [0.1, 0.15) is 27.7 Å². The molecule has 1 aliphatic heterocycles. The fourth-order valence-electron chi connectivity index (χ4n) is 3.46. The van der Waals surface area contributed by atoms with Crippen molar-refractivity contribution < 1.29 is 4.79 Å². The summed E-state index contributed by atoms with van der Waals surface area (Å²) in [5.74, 6) is 0.0528. The number of pyridine rings is 2. The summed E-state index contributed by atoms with van der Waals surface area (Å²) in [7, 11) is 0. The summed E-state index contributed by atoms with van der Waals surface area (Å²) >= 11 is 0. The first-order chi connectivity index (χ1) is 12.2. The van der Waals surface area contributed by atoms with E-state index in [1.54, 1.807) is 6.20 Å². The topological polar surface area (TPSA) is 58.1 Å². The molecule has 5 nitrogen and oxygen atoms in total. The van der Waals surface area contributed by atoms with E-state index in [1.807, 2.05) is 60.5 Å². The van der Waals surface area contributed by atoms with Gasteiger partial charge >= 0.3 is 0 Å². The van der Waals surface area contributed by atoms with Crippen LogP contribution in [0.3, 0.4) is 0 Å². The number of rotatable bonds is 2. The number of halogens is 2. The van der Waals surface area contributed by atoms with Crippen molar-refractivity contribution in [3.05, 3.63) is 71.7 Å².